The lowest BCUT2D eigenvalue weighted by molar-refractivity contribution is -0.383. The molecule has 1 saturated carbocycles. The molecule has 1 rings (SSSR count). The molecule has 0 radical (unpaired) electrons. The van der Waals surface area contributed by atoms with E-state index in [1.807, 2.05) is 0 Å². The predicted molar refractivity (Wildman–Crippen MR) is 133 cm³/mol. The van der Waals surface area contributed by atoms with Gasteiger partial charge in [0.05, 0.1) is 24.4 Å². The second-order valence-corrected chi connectivity index (χ2v) is 12.2. The van der Waals surface area contributed by atoms with Crippen LogP contribution in [0.15, 0.2) is 12.2 Å². The van der Waals surface area contributed by atoms with Crippen LogP contribution in [0.1, 0.15) is 80.1 Å². The van der Waals surface area contributed by atoms with Gasteiger partial charge in [0, 0.05) is 5.57 Å². The third-order valence-corrected chi connectivity index (χ3v) is 8.00. The lowest BCUT2D eigenvalue weighted by Crippen LogP contribution is -2.61. The summed E-state index contributed by atoms with van der Waals surface area (Å²) in [5.41, 5.74) is -11.5. The first kappa shape index (κ1) is 38.4. The zero-order valence-corrected chi connectivity index (χ0v) is 24.5. The molecular weight excluding hydrogens is 591 g/mol. The molecular formula is C27H41F9O6. The molecule has 248 valence electrons. The zero-order valence-electron chi connectivity index (χ0n) is 24.5. The Morgan fingerprint density at radius 2 is 1.21 bits per heavy atom. The summed E-state index contributed by atoms with van der Waals surface area (Å²) in [6, 6.07) is 0. The van der Waals surface area contributed by atoms with Crippen LogP contribution in [0, 0.1) is 11.8 Å². The third kappa shape index (κ3) is 9.21. The Hall–Kier alpha value is -1.58. The Kier molecular flexibility index (Phi) is 12.1. The molecule has 0 aromatic carbocycles. The number of carbonyl (C=O) groups excluding carboxylic acids is 1. The van der Waals surface area contributed by atoms with Gasteiger partial charge in [0.2, 0.25) is 0 Å². The van der Waals surface area contributed by atoms with Gasteiger partial charge < -0.3 is 24.4 Å². The molecule has 6 nitrogen and oxygen atoms in total. The van der Waals surface area contributed by atoms with Crippen molar-refractivity contribution in [2.45, 2.75) is 127 Å². The first-order chi connectivity index (χ1) is 18.6. The van der Waals surface area contributed by atoms with E-state index in [2.05, 4.69) is 6.58 Å². The highest BCUT2D eigenvalue weighted by Crippen LogP contribution is 2.48. The molecule has 42 heavy (non-hydrogen) atoms. The molecule has 1 aliphatic carbocycles. The van der Waals surface area contributed by atoms with Gasteiger partial charge in [-0.1, -0.05) is 26.3 Å². The molecule has 0 aromatic rings. The highest BCUT2D eigenvalue weighted by Gasteiger charge is 2.71. The summed E-state index contributed by atoms with van der Waals surface area (Å²) in [4.78, 5) is 12.2. The molecule has 0 heterocycles. The fraction of sp³-hybridized carbons (Fsp3) is 0.889. The molecule has 15 heteroatoms. The van der Waals surface area contributed by atoms with Gasteiger partial charge in [-0.05, 0) is 72.1 Å². The summed E-state index contributed by atoms with van der Waals surface area (Å²) < 4.78 is 137. The summed E-state index contributed by atoms with van der Waals surface area (Å²) in [7, 11) is 0. The predicted octanol–water partition coefficient (Wildman–Crippen LogP) is 6.82. The smallest absolute Gasteiger partial charge is 0.428 e. The van der Waals surface area contributed by atoms with Crippen LogP contribution in [0.25, 0.3) is 0 Å². The molecule has 0 bridgehead atoms. The minimum absolute atomic E-state index is 0.00581. The van der Waals surface area contributed by atoms with Gasteiger partial charge in [-0.2, -0.15) is 39.5 Å². The molecule has 0 aromatic heterocycles. The summed E-state index contributed by atoms with van der Waals surface area (Å²) in [6.45, 7) is 8.39. The largest absolute Gasteiger partial charge is 0.459 e. The quantitative estimate of drug-likeness (QED) is 0.132. The highest BCUT2D eigenvalue weighted by atomic mass is 19.4. The average Bonchev–Trinajstić information content (AvgIpc) is 2.82. The maximum atomic E-state index is 13.7. The van der Waals surface area contributed by atoms with Crippen molar-refractivity contribution >= 4 is 5.97 Å². The van der Waals surface area contributed by atoms with Crippen LogP contribution in [-0.2, 0) is 19.0 Å². The molecule has 2 N–H and O–H groups in total. The number of halogens is 9. The second-order valence-electron chi connectivity index (χ2n) is 12.2. The van der Waals surface area contributed by atoms with E-state index in [4.69, 9.17) is 14.2 Å². The molecule has 4 atom stereocenters. The topological polar surface area (TPSA) is 85.2 Å². The van der Waals surface area contributed by atoms with E-state index in [1.165, 1.54) is 34.6 Å². The number of rotatable bonds is 13. The third-order valence-electron chi connectivity index (χ3n) is 8.00. The monoisotopic (exact) mass is 632 g/mol. The normalized spacial score (nSPS) is 22.9. The second kappa shape index (κ2) is 13.2. The minimum atomic E-state index is -6.11. The van der Waals surface area contributed by atoms with E-state index >= 15 is 0 Å². The van der Waals surface area contributed by atoms with Gasteiger partial charge in [0.15, 0.2) is 5.60 Å². The lowest BCUT2D eigenvalue weighted by atomic mass is 9.68. The zero-order chi connectivity index (χ0) is 33.2. The van der Waals surface area contributed by atoms with Gasteiger partial charge in [-0.15, -0.1) is 0 Å². The number of unbranched alkanes of at least 4 members (excludes halogenated alkanes) is 1. The summed E-state index contributed by atoms with van der Waals surface area (Å²) in [6.07, 6.45) is -18.5. The van der Waals surface area contributed by atoms with Crippen molar-refractivity contribution in [3.05, 3.63) is 12.2 Å². The number of hydrogen-bond donors (Lipinski definition) is 2. The van der Waals surface area contributed by atoms with Gasteiger partial charge in [0.1, 0.15) is 6.10 Å². The van der Waals surface area contributed by atoms with Crippen LogP contribution in [0.3, 0.4) is 0 Å². The van der Waals surface area contributed by atoms with E-state index in [-0.39, 0.29) is 31.3 Å². The van der Waals surface area contributed by atoms with Crippen molar-refractivity contribution in [3.63, 3.8) is 0 Å². The number of hydrogen-bond acceptors (Lipinski definition) is 6. The molecule has 1 fully saturated rings. The minimum Gasteiger partial charge on any atom is -0.459 e. The maximum absolute atomic E-state index is 13.7. The van der Waals surface area contributed by atoms with E-state index < -0.39 is 84.5 Å². The molecule has 0 spiro atoms. The van der Waals surface area contributed by atoms with Crippen LogP contribution < -0.4 is 0 Å². The van der Waals surface area contributed by atoms with Crippen LogP contribution >= 0.6 is 0 Å². The van der Waals surface area contributed by atoms with Crippen molar-refractivity contribution in [3.8, 4) is 0 Å². The Balaban J connectivity index is 3.32. The lowest BCUT2D eigenvalue weighted by Gasteiger charge is -2.48. The van der Waals surface area contributed by atoms with Gasteiger partial charge in [-0.25, -0.2) is 4.79 Å². The Morgan fingerprint density at radius 3 is 1.57 bits per heavy atom. The Labute approximate surface area is 239 Å². The van der Waals surface area contributed by atoms with Gasteiger partial charge >= 0.3 is 24.5 Å². The van der Waals surface area contributed by atoms with E-state index in [1.54, 1.807) is 6.92 Å². The number of alkyl halides is 9. The molecule has 0 amide bonds. The SMILES string of the molecule is C=C(C)C(=O)OC1CC(C(C)(C)OCC(O)(CCCC)C(F)(F)F)CC(C(C)(C)OCC(O)(C(F)(F)F)C(F)(F)F)C1. The van der Waals surface area contributed by atoms with Crippen molar-refractivity contribution in [2.75, 3.05) is 13.2 Å². The number of aliphatic hydroxyl groups is 2. The Morgan fingerprint density at radius 1 is 0.786 bits per heavy atom. The van der Waals surface area contributed by atoms with Gasteiger partial charge in [0.25, 0.3) is 5.60 Å². The van der Waals surface area contributed by atoms with Crippen LogP contribution in [0.5, 0.6) is 0 Å². The highest BCUT2D eigenvalue weighted by molar-refractivity contribution is 5.87. The molecule has 0 aliphatic heterocycles. The van der Waals surface area contributed by atoms with Crippen LogP contribution in [0.2, 0.25) is 0 Å². The van der Waals surface area contributed by atoms with Crippen LogP contribution in [-0.4, -0.2) is 76.4 Å². The number of carbonyl (C=O) groups is 1. The Bertz CT molecular complexity index is 913. The van der Waals surface area contributed by atoms with Crippen molar-refractivity contribution in [1.82, 2.24) is 0 Å². The van der Waals surface area contributed by atoms with Gasteiger partial charge in [-0.3, -0.25) is 0 Å². The van der Waals surface area contributed by atoms with Crippen molar-refractivity contribution in [2.24, 2.45) is 11.8 Å². The average molecular weight is 633 g/mol. The summed E-state index contributed by atoms with van der Waals surface area (Å²) in [5, 5.41) is 19.9. The maximum Gasteiger partial charge on any atom is 0.428 e. The summed E-state index contributed by atoms with van der Waals surface area (Å²) >= 11 is 0. The molecule has 1 aliphatic rings. The fourth-order valence-electron chi connectivity index (χ4n) is 4.67. The first-order valence-corrected chi connectivity index (χ1v) is 13.4. The molecule has 0 saturated heterocycles. The van der Waals surface area contributed by atoms with E-state index in [9.17, 15) is 54.5 Å². The number of ether oxygens (including phenoxy) is 3. The van der Waals surface area contributed by atoms with Crippen LogP contribution in [0.4, 0.5) is 39.5 Å². The first-order valence-electron chi connectivity index (χ1n) is 13.4. The van der Waals surface area contributed by atoms with E-state index in [0.29, 0.717) is 6.42 Å². The fourth-order valence-corrected chi connectivity index (χ4v) is 4.67. The standard InChI is InChI=1S/C27H41F9O6/c1-8-9-10-23(38,25(28,29)30)14-40-21(4,5)17-11-18(13-19(12-17)42-20(37)16(2)3)22(6,7)41-15-24(39,26(31,32)33)27(34,35)36/h17-19,38-39H,2,8-15H2,1,3-7H3. The van der Waals surface area contributed by atoms with E-state index in [0.717, 1.165) is 0 Å². The van der Waals surface area contributed by atoms with Crippen molar-refractivity contribution in [1.29, 1.82) is 0 Å². The molecule has 4 unspecified atom stereocenters. The number of esters is 1. The van der Waals surface area contributed by atoms with Crippen molar-refractivity contribution < 1.29 is 68.7 Å². The summed E-state index contributed by atoms with van der Waals surface area (Å²) in [5.74, 6) is -2.49.